The Morgan fingerprint density at radius 3 is 2.88 bits per heavy atom. The number of nitrogens with zero attached hydrogens (tertiary/aromatic N) is 1. The molecule has 3 nitrogen and oxygen atoms in total. The van der Waals surface area contributed by atoms with Crippen LogP contribution < -0.4 is 10.1 Å². The fourth-order valence-corrected chi connectivity index (χ4v) is 1.89. The molecular formula is C13H19ClN2O. The Morgan fingerprint density at radius 1 is 1.41 bits per heavy atom. The molecule has 1 aromatic rings. The molecule has 94 valence electrons. The number of ether oxygens (including phenoxy) is 1. The van der Waals surface area contributed by atoms with Gasteiger partial charge >= 0.3 is 0 Å². The summed E-state index contributed by atoms with van der Waals surface area (Å²) in [5, 5.41) is 3.20. The van der Waals surface area contributed by atoms with E-state index in [1.807, 2.05) is 12.1 Å². The van der Waals surface area contributed by atoms with Crippen molar-refractivity contribution in [3.8, 4) is 5.75 Å². The van der Waals surface area contributed by atoms with Crippen molar-refractivity contribution in [2.75, 3.05) is 19.7 Å². The quantitative estimate of drug-likeness (QED) is 0.895. The van der Waals surface area contributed by atoms with Gasteiger partial charge in [-0.25, -0.2) is 0 Å². The van der Waals surface area contributed by atoms with Crippen molar-refractivity contribution < 1.29 is 4.74 Å². The molecule has 0 atom stereocenters. The lowest BCUT2D eigenvalue weighted by Gasteiger charge is -2.11. The summed E-state index contributed by atoms with van der Waals surface area (Å²) < 4.78 is 5.77. The molecule has 1 N–H and O–H groups in total. The van der Waals surface area contributed by atoms with E-state index in [2.05, 4.69) is 30.2 Å². The van der Waals surface area contributed by atoms with E-state index in [1.54, 1.807) is 0 Å². The van der Waals surface area contributed by atoms with Crippen LogP contribution in [0.5, 0.6) is 5.75 Å². The molecule has 0 aliphatic carbocycles. The summed E-state index contributed by atoms with van der Waals surface area (Å²) >= 11 is 0. The van der Waals surface area contributed by atoms with Crippen molar-refractivity contribution in [1.82, 2.24) is 5.32 Å². The second-order valence-corrected chi connectivity index (χ2v) is 3.94. The average Bonchev–Trinajstić information content (AvgIpc) is 2.81. The molecule has 0 saturated carbocycles. The molecule has 0 unspecified atom stereocenters. The second-order valence-electron chi connectivity index (χ2n) is 3.94. The van der Waals surface area contributed by atoms with Crippen molar-refractivity contribution in [3.63, 3.8) is 0 Å². The molecule has 0 amide bonds. The Bertz CT molecular complexity index is 404. The first-order valence-electron chi connectivity index (χ1n) is 5.79. The number of hydrogen-bond donors (Lipinski definition) is 1. The Hall–Kier alpha value is -1.22. The molecule has 0 aromatic heterocycles. The SMILES string of the molecule is CCc1cccc(OCC2=NCCN2)c1C.Cl. The largest absolute Gasteiger partial charge is 0.485 e. The minimum Gasteiger partial charge on any atom is -0.485 e. The number of hydrogen-bond acceptors (Lipinski definition) is 3. The number of amidine groups is 1. The molecule has 0 saturated heterocycles. The fraction of sp³-hybridized carbons (Fsp3) is 0.462. The van der Waals surface area contributed by atoms with Gasteiger partial charge in [-0.1, -0.05) is 19.1 Å². The molecule has 0 fully saturated rings. The Balaban J connectivity index is 0.00000144. The van der Waals surface area contributed by atoms with E-state index in [0.717, 1.165) is 31.1 Å². The van der Waals surface area contributed by atoms with Crippen LogP contribution >= 0.6 is 12.4 Å². The minimum atomic E-state index is 0. The van der Waals surface area contributed by atoms with Gasteiger partial charge in [-0.3, -0.25) is 4.99 Å². The van der Waals surface area contributed by atoms with Gasteiger partial charge in [0.2, 0.25) is 0 Å². The molecule has 0 bridgehead atoms. The molecule has 1 heterocycles. The van der Waals surface area contributed by atoms with Gasteiger partial charge in [0, 0.05) is 6.54 Å². The maximum Gasteiger partial charge on any atom is 0.145 e. The highest BCUT2D eigenvalue weighted by Gasteiger charge is 2.07. The third-order valence-corrected chi connectivity index (χ3v) is 2.89. The number of nitrogens with one attached hydrogen (secondary N) is 1. The Labute approximate surface area is 109 Å². The summed E-state index contributed by atoms with van der Waals surface area (Å²) in [5.74, 6) is 1.93. The third kappa shape index (κ3) is 3.37. The lowest BCUT2D eigenvalue weighted by atomic mass is 10.1. The van der Waals surface area contributed by atoms with E-state index in [1.165, 1.54) is 11.1 Å². The summed E-state index contributed by atoms with van der Waals surface area (Å²) in [7, 11) is 0. The molecule has 0 radical (unpaired) electrons. The minimum absolute atomic E-state index is 0. The van der Waals surface area contributed by atoms with Crippen LogP contribution in [0.15, 0.2) is 23.2 Å². The molecule has 4 heteroatoms. The third-order valence-electron chi connectivity index (χ3n) is 2.89. The highest BCUT2D eigenvalue weighted by molar-refractivity contribution is 5.85. The zero-order valence-corrected chi connectivity index (χ0v) is 11.1. The van der Waals surface area contributed by atoms with E-state index >= 15 is 0 Å². The number of halogens is 1. The van der Waals surface area contributed by atoms with E-state index in [-0.39, 0.29) is 12.4 Å². The molecule has 0 spiro atoms. The zero-order chi connectivity index (χ0) is 11.4. The monoisotopic (exact) mass is 254 g/mol. The first-order valence-corrected chi connectivity index (χ1v) is 5.79. The van der Waals surface area contributed by atoms with Crippen LogP contribution in [0.3, 0.4) is 0 Å². The lowest BCUT2D eigenvalue weighted by Crippen LogP contribution is -2.25. The van der Waals surface area contributed by atoms with Crippen molar-refractivity contribution in [2.45, 2.75) is 20.3 Å². The Kier molecular flexibility index (Phi) is 5.29. The summed E-state index contributed by atoms with van der Waals surface area (Å²) in [6.45, 7) is 6.63. The summed E-state index contributed by atoms with van der Waals surface area (Å²) in [5.41, 5.74) is 2.59. The number of aryl methyl sites for hydroxylation is 1. The second kappa shape index (κ2) is 6.50. The predicted molar refractivity (Wildman–Crippen MR) is 73.6 cm³/mol. The van der Waals surface area contributed by atoms with Crippen molar-refractivity contribution >= 4 is 18.2 Å². The molecular weight excluding hydrogens is 236 g/mol. The molecule has 1 aromatic carbocycles. The molecule has 2 rings (SSSR count). The number of rotatable bonds is 4. The topological polar surface area (TPSA) is 33.6 Å². The van der Waals surface area contributed by atoms with Crippen molar-refractivity contribution in [2.24, 2.45) is 4.99 Å². The van der Waals surface area contributed by atoms with E-state index in [4.69, 9.17) is 4.74 Å². The first kappa shape index (κ1) is 13.8. The van der Waals surface area contributed by atoms with Gasteiger partial charge in [0.25, 0.3) is 0 Å². The van der Waals surface area contributed by atoms with E-state index < -0.39 is 0 Å². The highest BCUT2D eigenvalue weighted by Crippen LogP contribution is 2.21. The van der Waals surface area contributed by atoms with Gasteiger partial charge in [-0.05, 0) is 30.5 Å². The van der Waals surface area contributed by atoms with E-state index in [9.17, 15) is 0 Å². The van der Waals surface area contributed by atoms with Crippen molar-refractivity contribution in [1.29, 1.82) is 0 Å². The number of benzene rings is 1. The van der Waals surface area contributed by atoms with Gasteiger partial charge in [0.15, 0.2) is 0 Å². The average molecular weight is 255 g/mol. The summed E-state index contributed by atoms with van der Waals surface area (Å²) in [6.07, 6.45) is 1.04. The predicted octanol–water partition coefficient (Wildman–Crippen LogP) is 2.36. The highest BCUT2D eigenvalue weighted by atomic mass is 35.5. The maximum atomic E-state index is 5.77. The lowest BCUT2D eigenvalue weighted by molar-refractivity contribution is 0.370. The normalized spacial score (nSPS) is 13.6. The zero-order valence-electron chi connectivity index (χ0n) is 10.3. The maximum absolute atomic E-state index is 5.77. The van der Waals surface area contributed by atoms with Crippen LogP contribution in [0, 0.1) is 6.92 Å². The van der Waals surface area contributed by atoms with Gasteiger partial charge < -0.3 is 10.1 Å². The van der Waals surface area contributed by atoms with Gasteiger partial charge in [-0.2, -0.15) is 0 Å². The van der Waals surface area contributed by atoms with Gasteiger partial charge in [0.05, 0.1) is 6.54 Å². The van der Waals surface area contributed by atoms with Crippen LogP contribution in [-0.2, 0) is 6.42 Å². The Morgan fingerprint density at radius 2 is 2.24 bits per heavy atom. The standard InChI is InChI=1S/C13H18N2O.ClH/c1-3-11-5-4-6-12(10(11)2)16-9-13-14-7-8-15-13;/h4-6H,3,7-9H2,1-2H3,(H,14,15);1H. The fourth-order valence-electron chi connectivity index (χ4n) is 1.89. The first-order chi connectivity index (χ1) is 7.81. The summed E-state index contributed by atoms with van der Waals surface area (Å²) in [6, 6.07) is 6.21. The van der Waals surface area contributed by atoms with Gasteiger partial charge in [-0.15, -0.1) is 12.4 Å². The molecule has 1 aliphatic heterocycles. The molecule has 1 aliphatic rings. The van der Waals surface area contributed by atoms with Crippen molar-refractivity contribution in [3.05, 3.63) is 29.3 Å². The van der Waals surface area contributed by atoms with Crippen LogP contribution in [0.2, 0.25) is 0 Å². The van der Waals surface area contributed by atoms with E-state index in [0.29, 0.717) is 6.61 Å². The van der Waals surface area contributed by atoms with Crippen LogP contribution in [0.25, 0.3) is 0 Å². The van der Waals surface area contributed by atoms with Crippen LogP contribution in [0.4, 0.5) is 0 Å². The smallest absolute Gasteiger partial charge is 0.145 e. The van der Waals surface area contributed by atoms with Gasteiger partial charge in [0.1, 0.15) is 18.2 Å². The van der Waals surface area contributed by atoms with Crippen LogP contribution in [-0.4, -0.2) is 25.5 Å². The molecule has 17 heavy (non-hydrogen) atoms. The number of aliphatic imine (C=N–C) groups is 1. The summed E-state index contributed by atoms with van der Waals surface area (Å²) in [4.78, 5) is 4.30. The van der Waals surface area contributed by atoms with Crippen LogP contribution in [0.1, 0.15) is 18.1 Å².